The molecule has 8 nitrogen and oxygen atoms in total. The fourth-order valence-electron chi connectivity index (χ4n) is 1.61. The molecule has 0 aliphatic heterocycles. The van der Waals surface area contributed by atoms with E-state index in [0.29, 0.717) is 11.2 Å². The molecule has 0 aliphatic carbocycles. The maximum Gasteiger partial charge on any atom is 0.275 e. The van der Waals surface area contributed by atoms with Gasteiger partial charge in [-0.15, -0.1) is 0 Å². The predicted octanol–water partition coefficient (Wildman–Crippen LogP) is 2.23. The monoisotopic (exact) mass is 364 g/mol. The van der Waals surface area contributed by atoms with Crippen LogP contribution in [0.5, 0.6) is 0 Å². The summed E-state index contributed by atoms with van der Waals surface area (Å²) >= 11 is 12.5. The van der Waals surface area contributed by atoms with Crippen LogP contribution in [-0.2, 0) is 10.0 Å². The van der Waals surface area contributed by atoms with Gasteiger partial charge in [-0.05, 0) is 6.92 Å². The van der Waals surface area contributed by atoms with E-state index in [1.807, 2.05) is 0 Å². The maximum absolute atomic E-state index is 12.3. The minimum absolute atomic E-state index is 0.00523. The molecule has 0 aromatic carbocycles. The lowest BCUT2D eigenvalue weighted by atomic mass is 10.6. The van der Waals surface area contributed by atoms with Gasteiger partial charge in [-0.3, -0.25) is 0 Å². The molecule has 0 unspecified atom stereocenters. The topological polar surface area (TPSA) is 114 Å². The van der Waals surface area contributed by atoms with Crippen molar-refractivity contribution in [3.8, 4) is 0 Å². The summed E-state index contributed by atoms with van der Waals surface area (Å²) in [4.78, 5) is 18.3. The molecule has 0 amide bonds. The van der Waals surface area contributed by atoms with Crippen molar-refractivity contribution in [2.45, 2.75) is 11.1 Å². The predicted molar refractivity (Wildman–Crippen MR) is 79.4 cm³/mol. The van der Waals surface area contributed by atoms with Gasteiger partial charge < -0.3 is 4.98 Å². The van der Waals surface area contributed by atoms with Crippen molar-refractivity contribution in [1.29, 1.82) is 0 Å². The zero-order chi connectivity index (χ0) is 15.2. The van der Waals surface area contributed by atoms with Crippen molar-refractivity contribution in [2.24, 2.45) is 0 Å². The number of aromatic amines is 1. The van der Waals surface area contributed by atoms with Crippen LogP contribution in [-0.4, -0.2) is 33.3 Å². The number of nitrogens with one attached hydrogen (secondary N) is 2. The van der Waals surface area contributed by atoms with Crippen molar-refractivity contribution in [3.05, 3.63) is 21.6 Å². The summed E-state index contributed by atoms with van der Waals surface area (Å²) in [6.07, 6.45) is 1.39. The molecule has 21 heavy (non-hydrogen) atoms. The van der Waals surface area contributed by atoms with E-state index in [4.69, 9.17) is 23.2 Å². The quantitative estimate of drug-likeness (QED) is 0.688. The summed E-state index contributed by atoms with van der Waals surface area (Å²) in [5.74, 6) is -0.177. The number of hydrogen-bond donors (Lipinski definition) is 2. The summed E-state index contributed by atoms with van der Waals surface area (Å²) in [5, 5.41) is 0.0641. The lowest BCUT2D eigenvalue weighted by molar-refractivity contribution is 0.602. The van der Waals surface area contributed by atoms with Gasteiger partial charge in [0, 0.05) is 0 Å². The van der Waals surface area contributed by atoms with Gasteiger partial charge in [0.15, 0.2) is 19.5 Å². The molecule has 0 aliphatic rings. The van der Waals surface area contributed by atoms with E-state index in [1.54, 1.807) is 6.92 Å². The molecule has 0 spiro atoms. The average Bonchev–Trinajstić information content (AvgIpc) is 2.95. The molecule has 3 rings (SSSR count). The molecule has 0 bridgehead atoms. The number of sulfonamides is 1. The van der Waals surface area contributed by atoms with Gasteiger partial charge in [0.2, 0.25) is 5.95 Å². The number of nitrogens with zero attached hydrogens (tertiary/aromatic N) is 4. The molecule has 3 aromatic rings. The first kappa shape index (κ1) is 14.4. The van der Waals surface area contributed by atoms with Crippen LogP contribution < -0.4 is 4.72 Å². The Bertz CT molecular complexity index is 935. The van der Waals surface area contributed by atoms with Gasteiger partial charge in [0.25, 0.3) is 10.0 Å². The number of imidazole rings is 1. The third kappa shape index (κ3) is 2.67. The number of anilines is 1. The molecule has 12 heteroatoms. The number of fused-ring (bicyclic) bond motifs is 1. The number of hydrogen-bond acceptors (Lipinski definition) is 7. The number of aromatic nitrogens is 5. The Labute approximate surface area is 132 Å². The van der Waals surface area contributed by atoms with Gasteiger partial charge in [0.1, 0.15) is 5.52 Å². The molecule has 110 valence electrons. The molecular weight excluding hydrogens is 359 g/mol. The van der Waals surface area contributed by atoms with E-state index in [0.717, 1.165) is 11.3 Å². The van der Waals surface area contributed by atoms with E-state index >= 15 is 0 Å². The maximum atomic E-state index is 12.3. The summed E-state index contributed by atoms with van der Waals surface area (Å²) in [5.41, 5.74) is 0.979. The summed E-state index contributed by atoms with van der Waals surface area (Å²) in [6, 6.07) is 0. The Hall–Kier alpha value is -1.49. The van der Waals surface area contributed by atoms with Gasteiger partial charge >= 0.3 is 0 Å². The second kappa shape index (κ2) is 5.05. The van der Waals surface area contributed by atoms with Crippen molar-refractivity contribution < 1.29 is 8.42 Å². The first-order valence-electron chi connectivity index (χ1n) is 5.39. The van der Waals surface area contributed by atoms with E-state index in [2.05, 4.69) is 29.6 Å². The highest BCUT2D eigenvalue weighted by molar-refractivity contribution is 7.94. The largest absolute Gasteiger partial charge is 0.341 e. The zero-order valence-corrected chi connectivity index (χ0v) is 13.4. The molecule has 3 heterocycles. The Morgan fingerprint density at radius 1 is 1.29 bits per heavy atom. The second-order valence-electron chi connectivity index (χ2n) is 3.88. The lowest BCUT2D eigenvalue weighted by Crippen LogP contribution is -2.15. The minimum Gasteiger partial charge on any atom is -0.341 e. The number of H-pyrrole nitrogens is 1. The second-order valence-corrected chi connectivity index (χ2v) is 7.70. The van der Waals surface area contributed by atoms with Gasteiger partial charge in [0.05, 0.1) is 12.0 Å². The smallest absolute Gasteiger partial charge is 0.275 e. The van der Waals surface area contributed by atoms with Gasteiger partial charge in [-0.1, -0.05) is 34.5 Å². The molecule has 3 aromatic heterocycles. The van der Waals surface area contributed by atoms with Gasteiger partial charge in [-0.25, -0.2) is 23.1 Å². The first-order valence-corrected chi connectivity index (χ1v) is 8.45. The third-order valence-corrected chi connectivity index (χ3v) is 5.91. The standard InChI is InChI=1S/C9H6Cl2N6O2S2/c1-3-7(20-8(11)14-3)21(18,19)17-9-15-5(10)4-6(16-9)13-2-12-4/h2H,1H3,(H2,12,13,15,16,17). The van der Waals surface area contributed by atoms with E-state index in [-0.39, 0.29) is 25.4 Å². The highest BCUT2D eigenvalue weighted by atomic mass is 35.5. The molecule has 0 saturated heterocycles. The van der Waals surface area contributed by atoms with Crippen LogP contribution >= 0.6 is 34.5 Å². The Morgan fingerprint density at radius 3 is 2.71 bits per heavy atom. The lowest BCUT2D eigenvalue weighted by Gasteiger charge is -2.05. The SMILES string of the molecule is Cc1nc(Cl)sc1S(=O)(=O)Nc1nc(Cl)c2[nH]cnc2n1. The highest BCUT2D eigenvalue weighted by Gasteiger charge is 2.23. The van der Waals surface area contributed by atoms with E-state index in [9.17, 15) is 8.42 Å². The average molecular weight is 365 g/mol. The van der Waals surface area contributed by atoms with Crippen molar-refractivity contribution in [3.63, 3.8) is 0 Å². The number of rotatable bonds is 3. The highest BCUT2D eigenvalue weighted by Crippen LogP contribution is 2.28. The number of aryl methyl sites for hydroxylation is 1. The normalized spacial score (nSPS) is 12.0. The molecule has 2 N–H and O–H groups in total. The Balaban J connectivity index is 2.03. The number of thiazole rings is 1. The van der Waals surface area contributed by atoms with E-state index < -0.39 is 10.0 Å². The molecule has 0 radical (unpaired) electrons. The van der Waals surface area contributed by atoms with E-state index in [1.165, 1.54) is 6.33 Å². The summed E-state index contributed by atoms with van der Waals surface area (Å²) in [7, 11) is -3.89. The Kier molecular flexibility index (Phi) is 3.48. The minimum atomic E-state index is -3.89. The fourth-order valence-corrected chi connectivity index (χ4v) is 4.51. The molecule has 0 saturated carbocycles. The van der Waals surface area contributed by atoms with Crippen LogP contribution in [0.2, 0.25) is 9.62 Å². The van der Waals surface area contributed by atoms with Crippen molar-refractivity contribution in [1.82, 2.24) is 24.9 Å². The molecule has 0 atom stereocenters. The van der Waals surface area contributed by atoms with Crippen LogP contribution in [0, 0.1) is 6.92 Å². The molecule has 0 fully saturated rings. The van der Waals surface area contributed by atoms with Crippen molar-refractivity contribution >= 4 is 61.7 Å². The molecular formula is C9H6Cl2N6O2S2. The van der Waals surface area contributed by atoms with Crippen LogP contribution in [0.4, 0.5) is 5.95 Å². The number of halogens is 2. The van der Waals surface area contributed by atoms with Crippen LogP contribution in [0.1, 0.15) is 5.69 Å². The summed E-state index contributed by atoms with van der Waals surface area (Å²) in [6.45, 7) is 1.54. The zero-order valence-electron chi connectivity index (χ0n) is 10.3. The van der Waals surface area contributed by atoms with Crippen LogP contribution in [0.15, 0.2) is 10.5 Å². The first-order chi connectivity index (χ1) is 9.87. The third-order valence-electron chi connectivity index (χ3n) is 2.44. The van der Waals surface area contributed by atoms with Crippen LogP contribution in [0.25, 0.3) is 11.2 Å². The van der Waals surface area contributed by atoms with Gasteiger partial charge in [-0.2, -0.15) is 9.97 Å². The van der Waals surface area contributed by atoms with Crippen LogP contribution in [0.3, 0.4) is 0 Å². The van der Waals surface area contributed by atoms with Crippen molar-refractivity contribution in [2.75, 3.05) is 4.72 Å². The summed E-state index contributed by atoms with van der Waals surface area (Å²) < 4.78 is 26.9. The fraction of sp³-hybridized carbons (Fsp3) is 0.111. The Morgan fingerprint density at radius 2 is 2.05 bits per heavy atom.